The van der Waals surface area contributed by atoms with Crippen molar-refractivity contribution in [2.75, 3.05) is 5.75 Å². The summed E-state index contributed by atoms with van der Waals surface area (Å²) >= 11 is 1.44. The minimum Gasteiger partial charge on any atom is -0.338 e. The fourth-order valence-corrected chi connectivity index (χ4v) is 5.00. The van der Waals surface area contributed by atoms with Gasteiger partial charge >= 0.3 is 0 Å². The molecule has 1 aliphatic heterocycles. The van der Waals surface area contributed by atoms with E-state index in [0.717, 1.165) is 24.1 Å². The van der Waals surface area contributed by atoms with Gasteiger partial charge in [-0.2, -0.15) is 4.98 Å². The Labute approximate surface area is 151 Å². The number of likely N-dealkylation sites (tertiary alicyclic amines) is 1. The summed E-state index contributed by atoms with van der Waals surface area (Å²) in [5, 5.41) is 5.68. The molecule has 9 heteroatoms. The average molecular weight is 383 g/mol. The van der Waals surface area contributed by atoms with Gasteiger partial charge in [-0.15, -0.1) is 11.3 Å². The van der Waals surface area contributed by atoms with Gasteiger partial charge in [-0.25, -0.2) is 8.42 Å². The lowest BCUT2D eigenvalue weighted by molar-refractivity contribution is -0.134. The molecule has 0 spiro atoms. The molecule has 0 radical (unpaired) electrons. The van der Waals surface area contributed by atoms with E-state index in [2.05, 4.69) is 10.1 Å². The summed E-state index contributed by atoms with van der Waals surface area (Å²) in [4.78, 5) is 19.1. The van der Waals surface area contributed by atoms with E-state index in [1.165, 1.54) is 11.3 Å². The van der Waals surface area contributed by atoms with E-state index in [0.29, 0.717) is 5.82 Å². The molecule has 25 heavy (non-hydrogen) atoms. The van der Waals surface area contributed by atoms with Crippen LogP contribution in [0.2, 0.25) is 0 Å². The number of thiophene rings is 1. The molecule has 136 valence electrons. The highest BCUT2D eigenvalue weighted by Gasteiger charge is 2.32. The normalized spacial score (nSPS) is 21.4. The molecule has 1 aliphatic rings. The van der Waals surface area contributed by atoms with Crippen molar-refractivity contribution >= 4 is 27.1 Å². The Morgan fingerprint density at radius 1 is 1.36 bits per heavy atom. The molecule has 1 amide bonds. The number of carbonyl (C=O) groups is 1. The van der Waals surface area contributed by atoms with Crippen LogP contribution in [0.4, 0.5) is 0 Å². The van der Waals surface area contributed by atoms with Crippen molar-refractivity contribution in [3.8, 4) is 10.7 Å². The Balaban J connectivity index is 1.67. The molecule has 7 nitrogen and oxygen atoms in total. The maximum absolute atomic E-state index is 12.5. The van der Waals surface area contributed by atoms with Crippen molar-refractivity contribution in [2.45, 2.75) is 50.9 Å². The van der Waals surface area contributed by atoms with Crippen molar-refractivity contribution < 1.29 is 17.7 Å². The third kappa shape index (κ3) is 4.27. The van der Waals surface area contributed by atoms with Crippen LogP contribution in [-0.2, 0) is 20.4 Å². The zero-order chi connectivity index (χ0) is 18.0. The monoisotopic (exact) mass is 383 g/mol. The van der Waals surface area contributed by atoms with E-state index in [9.17, 15) is 13.2 Å². The molecule has 3 heterocycles. The van der Waals surface area contributed by atoms with Crippen LogP contribution in [0, 0.1) is 0 Å². The number of sulfone groups is 1. The molecule has 0 saturated carbocycles. The largest absolute Gasteiger partial charge is 0.338 e. The number of hydrogen-bond acceptors (Lipinski definition) is 7. The number of nitrogens with zero attached hydrogens (tertiary/aromatic N) is 3. The van der Waals surface area contributed by atoms with Gasteiger partial charge in [0.05, 0.1) is 4.88 Å². The van der Waals surface area contributed by atoms with Crippen molar-refractivity contribution in [3.05, 3.63) is 23.4 Å². The number of hydrogen-bond donors (Lipinski definition) is 0. The van der Waals surface area contributed by atoms with Crippen LogP contribution in [0.1, 0.15) is 39.0 Å². The summed E-state index contributed by atoms with van der Waals surface area (Å²) < 4.78 is 29.8. The fraction of sp³-hybridized carbons (Fsp3) is 0.562. The summed E-state index contributed by atoms with van der Waals surface area (Å²) in [7, 11) is -3.67. The second-order valence-electron chi connectivity index (χ2n) is 6.45. The van der Waals surface area contributed by atoms with Crippen LogP contribution in [0.25, 0.3) is 10.7 Å². The van der Waals surface area contributed by atoms with E-state index in [4.69, 9.17) is 4.52 Å². The predicted molar refractivity (Wildman–Crippen MR) is 94.7 cm³/mol. The molecule has 2 aromatic heterocycles. The fourth-order valence-electron chi connectivity index (χ4n) is 3.23. The molecule has 1 saturated heterocycles. The Morgan fingerprint density at radius 3 is 2.72 bits per heavy atom. The van der Waals surface area contributed by atoms with Crippen LogP contribution in [0.3, 0.4) is 0 Å². The number of amides is 1. The lowest BCUT2D eigenvalue weighted by atomic mass is 9.98. The highest BCUT2D eigenvalue weighted by molar-refractivity contribution is 7.91. The summed E-state index contributed by atoms with van der Waals surface area (Å²) in [5.74, 6) is -0.926. The highest BCUT2D eigenvalue weighted by Crippen LogP contribution is 2.24. The molecular formula is C16H21N3O4S2. The molecule has 2 atom stereocenters. The van der Waals surface area contributed by atoms with Crippen LogP contribution < -0.4 is 0 Å². The number of carbonyl (C=O) groups excluding carboxylic acids is 1. The van der Waals surface area contributed by atoms with Gasteiger partial charge in [-0.05, 0) is 44.6 Å². The Bertz CT molecular complexity index is 819. The summed E-state index contributed by atoms with van der Waals surface area (Å²) in [6, 6.07) is 3.82. The third-order valence-corrected chi connectivity index (χ3v) is 6.62. The van der Waals surface area contributed by atoms with Crippen molar-refractivity contribution in [1.29, 1.82) is 0 Å². The highest BCUT2D eigenvalue weighted by atomic mass is 32.2. The number of rotatable bonds is 5. The van der Waals surface area contributed by atoms with Gasteiger partial charge in [0.2, 0.25) is 17.6 Å². The average Bonchev–Trinajstić information content (AvgIpc) is 3.16. The van der Waals surface area contributed by atoms with E-state index < -0.39 is 21.3 Å². The lowest BCUT2D eigenvalue weighted by Crippen LogP contribution is -2.49. The molecule has 3 rings (SSSR count). The molecule has 0 aromatic carbocycles. The van der Waals surface area contributed by atoms with Crippen molar-refractivity contribution in [3.63, 3.8) is 0 Å². The van der Waals surface area contributed by atoms with Crippen molar-refractivity contribution in [1.82, 2.24) is 15.0 Å². The van der Waals surface area contributed by atoms with Gasteiger partial charge in [0.1, 0.15) is 11.5 Å². The number of piperidine rings is 1. The maximum Gasteiger partial charge on any atom is 0.242 e. The molecule has 1 fully saturated rings. The predicted octanol–water partition coefficient (Wildman–Crippen LogP) is 2.50. The summed E-state index contributed by atoms with van der Waals surface area (Å²) in [6.07, 6.45) is 2.88. The topological polar surface area (TPSA) is 93.4 Å². The van der Waals surface area contributed by atoms with E-state index in [1.807, 2.05) is 31.4 Å². The zero-order valence-electron chi connectivity index (χ0n) is 14.2. The Hall–Kier alpha value is -1.74. The first-order chi connectivity index (χ1) is 11.9. The zero-order valence-corrected chi connectivity index (χ0v) is 15.8. The van der Waals surface area contributed by atoms with E-state index >= 15 is 0 Å². The van der Waals surface area contributed by atoms with Gasteiger partial charge in [-0.1, -0.05) is 11.2 Å². The molecule has 2 aromatic rings. The van der Waals surface area contributed by atoms with Crippen molar-refractivity contribution in [2.24, 2.45) is 0 Å². The quantitative estimate of drug-likeness (QED) is 0.787. The lowest BCUT2D eigenvalue weighted by Gasteiger charge is -2.39. The molecular weight excluding hydrogens is 362 g/mol. The first-order valence-electron chi connectivity index (χ1n) is 8.24. The minimum atomic E-state index is -3.67. The minimum absolute atomic E-state index is 0.0101. The SMILES string of the molecule is CC1CCCC(C)N1C(=O)CS(=O)(=O)Cc1nc(-c2cccs2)no1. The van der Waals surface area contributed by atoms with Gasteiger partial charge in [0.25, 0.3) is 0 Å². The summed E-state index contributed by atoms with van der Waals surface area (Å²) in [5.41, 5.74) is 0. The Morgan fingerprint density at radius 2 is 2.08 bits per heavy atom. The van der Waals surface area contributed by atoms with E-state index in [1.54, 1.807) is 4.90 Å². The maximum atomic E-state index is 12.5. The van der Waals surface area contributed by atoms with Gasteiger partial charge in [0, 0.05) is 12.1 Å². The second kappa shape index (κ2) is 7.25. The van der Waals surface area contributed by atoms with Crippen LogP contribution in [0.5, 0.6) is 0 Å². The standard InChI is InChI=1S/C16H21N3O4S2/c1-11-5-3-6-12(2)19(11)15(20)10-25(21,22)9-14-17-16(18-23-14)13-7-4-8-24-13/h4,7-8,11-12H,3,5-6,9-10H2,1-2H3. The molecule has 0 bridgehead atoms. The van der Waals surface area contributed by atoms with Crippen LogP contribution in [0.15, 0.2) is 22.0 Å². The van der Waals surface area contributed by atoms with Gasteiger partial charge in [0.15, 0.2) is 9.84 Å². The molecule has 2 unspecified atom stereocenters. The molecule has 0 aliphatic carbocycles. The second-order valence-corrected chi connectivity index (χ2v) is 9.46. The van der Waals surface area contributed by atoms with E-state index in [-0.39, 0.29) is 23.9 Å². The summed E-state index contributed by atoms with van der Waals surface area (Å²) in [6.45, 7) is 3.93. The van der Waals surface area contributed by atoms with Crippen LogP contribution in [-0.4, -0.2) is 47.2 Å². The number of aromatic nitrogens is 2. The smallest absolute Gasteiger partial charge is 0.242 e. The van der Waals surface area contributed by atoms with Gasteiger partial charge in [-0.3, -0.25) is 4.79 Å². The Kier molecular flexibility index (Phi) is 5.24. The first kappa shape index (κ1) is 18.1. The third-order valence-electron chi connectivity index (χ3n) is 4.38. The van der Waals surface area contributed by atoms with Gasteiger partial charge < -0.3 is 9.42 Å². The van der Waals surface area contributed by atoms with Crippen LogP contribution >= 0.6 is 11.3 Å². The first-order valence-corrected chi connectivity index (χ1v) is 10.9. The molecule has 0 N–H and O–H groups in total.